The number of hydrogen-bond acceptors (Lipinski definition) is 4. The molecule has 6 rings (SSSR count). The summed E-state index contributed by atoms with van der Waals surface area (Å²) in [5.74, 6) is -0.433. The summed E-state index contributed by atoms with van der Waals surface area (Å²) in [5, 5.41) is 4.09. The summed E-state index contributed by atoms with van der Waals surface area (Å²) in [6.45, 7) is 3.82. The molecule has 0 bridgehead atoms. The summed E-state index contributed by atoms with van der Waals surface area (Å²) < 4.78 is 35.5. The average molecular weight is 491 g/mol. The van der Waals surface area contributed by atoms with Crippen LogP contribution in [0.5, 0.6) is 0 Å². The first kappa shape index (κ1) is 22.9. The summed E-state index contributed by atoms with van der Waals surface area (Å²) in [6.07, 6.45) is 6.53. The van der Waals surface area contributed by atoms with Gasteiger partial charge in [-0.1, -0.05) is 30.5 Å². The molecule has 1 saturated carbocycles. The molecule has 8 heteroatoms. The van der Waals surface area contributed by atoms with Gasteiger partial charge >= 0.3 is 0 Å². The van der Waals surface area contributed by atoms with Gasteiger partial charge in [-0.05, 0) is 62.9 Å². The Balaban J connectivity index is 1.51. The van der Waals surface area contributed by atoms with Gasteiger partial charge in [0, 0.05) is 29.8 Å². The molecule has 2 fully saturated rings. The van der Waals surface area contributed by atoms with Crippen molar-refractivity contribution in [2.75, 3.05) is 4.90 Å². The van der Waals surface area contributed by atoms with E-state index in [1.165, 1.54) is 12.5 Å². The molecule has 1 amide bonds. The number of aromatic nitrogens is 3. The Labute approximate surface area is 207 Å². The van der Waals surface area contributed by atoms with E-state index in [9.17, 15) is 13.6 Å². The van der Waals surface area contributed by atoms with Crippen molar-refractivity contribution in [3.8, 4) is 11.1 Å². The fraction of sp³-hybridized carbons (Fsp3) is 0.393. The molecule has 2 aromatic carbocycles. The van der Waals surface area contributed by atoms with Crippen molar-refractivity contribution in [1.29, 1.82) is 0 Å². The summed E-state index contributed by atoms with van der Waals surface area (Å²) in [5.41, 5.74) is 5.00. The lowest BCUT2D eigenvalue weighted by Gasteiger charge is -2.30. The van der Waals surface area contributed by atoms with Crippen molar-refractivity contribution < 1.29 is 18.1 Å². The van der Waals surface area contributed by atoms with Crippen molar-refractivity contribution >= 4 is 22.6 Å². The maximum atomic E-state index is 14.1. The number of amides is 1. The van der Waals surface area contributed by atoms with Crippen molar-refractivity contribution in [2.24, 2.45) is 0 Å². The van der Waals surface area contributed by atoms with Crippen LogP contribution in [0.2, 0.25) is 0 Å². The van der Waals surface area contributed by atoms with Crippen LogP contribution in [0.4, 0.5) is 14.5 Å². The van der Waals surface area contributed by atoms with E-state index in [-0.39, 0.29) is 18.0 Å². The Hall–Kier alpha value is -3.55. The Morgan fingerprint density at radius 1 is 0.972 bits per heavy atom. The number of nitrogens with zero attached hydrogens (tertiary/aromatic N) is 4. The second-order valence-electron chi connectivity index (χ2n) is 9.95. The Morgan fingerprint density at radius 3 is 2.50 bits per heavy atom. The molecule has 2 aliphatic rings. The molecule has 3 heterocycles. The van der Waals surface area contributed by atoms with E-state index in [0.29, 0.717) is 18.5 Å². The second kappa shape index (κ2) is 8.84. The predicted molar refractivity (Wildman–Crippen MR) is 133 cm³/mol. The van der Waals surface area contributed by atoms with E-state index in [2.05, 4.69) is 27.9 Å². The van der Waals surface area contributed by atoms with Gasteiger partial charge < -0.3 is 14.0 Å². The number of carbonyl (C=O) groups is 1. The van der Waals surface area contributed by atoms with Crippen molar-refractivity contribution in [2.45, 2.75) is 70.9 Å². The van der Waals surface area contributed by atoms with Crippen LogP contribution in [0.1, 0.15) is 74.3 Å². The molecular weight excluding hydrogens is 462 g/mol. The summed E-state index contributed by atoms with van der Waals surface area (Å²) in [6, 6.07) is 9.82. The molecular formula is C28H28F2N4O2. The minimum absolute atomic E-state index is 0.107. The molecule has 0 spiro atoms. The molecule has 0 unspecified atom stereocenters. The summed E-state index contributed by atoms with van der Waals surface area (Å²) >= 11 is 0. The van der Waals surface area contributed by atoms with E-state index in [4.69, 9.17) is 9.51 Å². The fourth-order valence-electron chi connectivity index (χ4n) is 6.01. The zero-order valence-corrected chi connectivity index (χ0v) is 20.4. The molecule has 0 N–H and O–H groups in total. The van der Waals surface area contributed by atoms with Gasteiger partial charge in [0.15, 0.2) is 11.6 Å². The lowest BCUT2D eigenvalue weighted by Crippen LogP contribution is -2.30. The second-order valence-corrected chi connectivity index (χ2v) is 9.95. The Bertz CT molecular complexity index is 1450. The highest BCUT2D eigenvalue weighted by molar-refractivity contribution is 5.96. The van der Waals surface area contributed by atoms with E-state index in [1.54, 1.807) is 4.90 Å². The maximum absolute atomic E-state index is 14.1. The molecule has 6 nitrogen and oxygen atoms in total. The monoisotopic (exact) mass is 490 g/mol. The standard InChI is InChI=1S/C28H28F2N4O2/c1-16-27(17(2)36-32-16)18-8-11-24-23(14-18)31-28(34(24)19-6-4-3-5-7-19)25-12-13-26(35)33(25)20-9-10-21(29)22(30)15-20/h8-11,14-15,19,25H,3-7,12-13H2,1-2H3/t25-/m0/s1. The van der Waals surface area contributed by atoms with E-state index < -0.39 is 11.6 Å². The van der Waals surface area contributed by atoms with E-state index in [1.807, 2.05) is 13.8 Å². The van der Waals surface area contributed by atoms with Crippen molar-refractivity contribution in [1.82, 2.24) is 14.7 Å². The molecule has 0 radical (unpaired) electrons. The largest absolute Gasteiger partial charge is 0.361 e. The van der Waals surface area contributed by atoms with Gasteiger partial charge in [-0.3, -0.25) is 4.79 Å². The molecule has 1 aliphatic carbocycles. The lowest BCUT2D eigenvalue weighted by molar-refractivity contribution is -0.117. The van der Waals surface area contributed by atoms with Crippen LogP contribution >= 0.6 is 0 Å². The van der Waals surface area contributed by atoms with Crippen LogP contribution < -0.4 is 4.90 Å². The SMILES string of the molecule is Cc1noc(C)c1-c1ccc2c(c1)nc([C@@H]1CCC(=O)N1c1ccc(F)c(F)c1)n2C1CCCCC1. The molecule has 186 valence electrons. The van der Waals surface area contributed by atoms with Crippen LogP contribution in [0.3, 0.4) is 0 Å². The summed E-state index contributed by atoms with van der Waals surface area (Å²) in [7, 11) is 0. The van der Waals surface area contributed by atoms with Gasteiger partial charge in [0.05, 0.1) is 22.8 Å². The molecule has 2 aromatic heterocycles. The summed E-state index contributed by atoms with van der Waals surface area (Å²) in [4.78, 5) is 19.7. The third kappa shape index (κ3) is 3.70. The third-order valence-electron chi connectivity index (χ3n) is 7.67. The van der Waals surface area contributed by atoms with Crippen LogP contribution in [-0.2, 0) is 4.79 Å². The number of carbonyl (C=O) groups excluding carboxylic acids is 1. The number of fused-ring (bicyclic) bond motifs is 1. The van der Waals surface area contributed by atoms with Gasteiger partial charge in [0.1, 0.15) is 11.6 Å². The molecule has 4 aromatic rings. The maximum Gasteiger partial charge on any atom is 0.227 e. The highest BCUT2D eigenvalue weighted by Gasteiger charge is 2.38. The number of benzene rings is 2. The zero-order chi connectivity index (χ0) is 25.0. The average Bonchev–Trinajstić information content (AvgIpc) is 3.55. The number of imidazole rings is 1. The fourth-order valence-corrected chi connectivity index (χ4v) is 6.01. The normalized spacial score (nSPS) is 19.1. The van der Waals surface area contributed by atoms with E-state index in [0.717, 1.165) is 77.3 Å². The number of anilines is 1. The first-order valence-corrected chi connectivity index (χ1v) is 12.6. The van der Waals surface area contributed by atoms with Crippen LogP contribution in [0.15, 0.2) is 40.9 Å². The molecule has 1 atom stereocenters. The minimum Gasteiger partial charge on any atom is -0.361 e. The highest BCUT2D eigenvalue weighted by Crippen LogP contribution is 2.42. The number of hydrogen-bond donors (Lipinski definition) is 0. The molecule has 36 heavy (non-hydrogen) atoms. The minimum atomic E-state index is -0.962. The van der Waals surface area contributed by atoms with Gasteiger partial charge in [0.25, 0.3) is 0 Å². The highest BCUT2D eigenvalue weighted by atomic mass is 19.2. The zero-order valence-electron chi connectivity index (χ0n) is 20.4. The topological polar surface area (TPSA) is 64.2 Å². The predicted octanol–water partition coefficient (Wildman–Crippen LogP) is 6.96. The third-order valence-corrected chi connectivity index (χ3v) is 7.67. The Kier molecular flexibility index (Phi) is 5.62. The molecule has 1 saturated heterocycles. The van der Waals surface area contributed by atoms with Gasteiger partial charge in [0.2, 0.25) is 5.91 Å². The van der Waals surface area contributed by atoms with Gasteiger partial charge in [-0.25, -0.2) is 13.8 Å². The first-order valence-electron chi connectivity index (χ1n) is 12.6. The van der Waals surface area contributed by atoms with Crippen LogP contribution in [-0.4, -0.2) is 20.6 Å². The number of aryl methyl sites for hydroxylation is 2. The number of halogens is 2. The van der Waals surface area contributed by atoms with Crippen molar-refractivity contribution in [3.05, 3.63) is 65.3 Å². The Morgan fingerprint density at radius 2 is 1.78 bits per heavy atom. The van der Waals surface area contributed by atoms with Gasteiger partial charge in [-0.15, -0.1) is 0 Å². The first-order chi connectivity index (χ1) is 17.4. The lowest BCUT2D eigenvalue weighted by atomic mass is 9.94. The number of rotatable bonds is 4. The van der Waals surface area contributed by atoms with Crippen LogP contribution in [0, 0.1) is 25.5 Å². The quantitative estimate of drug-likeness (QED) is 0.310. The smallest absolute Gasteiger partial charge is 0.227 e. The van der Waals surface area contributed by atoms with Crippen LogP contribution in [0.25, 0.3) is 22.2 Å². The van der Waals surface area contributed by atoms with Crippen molar-refractivity contribution in [3.63, 3.8) is 0 Å². The van der Waals surface area contributed by atoms with Gasteiger partial charge in [-0.2, -0.15) is 0 Å². The van der Waals surface area contributed by atoms with E-state index >= 15 is 0 Å². The molecule has 1 aliphatic heterocycles.